The minimum atomic E-state index is -2.81. The monoisotopic (exact) mass is 644 g/mol. The van der Waals surface area contributed by atoms with E-state index in [0.717, 1.165) is 32.1 Å². The van der Waals surface area contributed by atoms with Gasteiger partial charge in [0.2, 0.25) is 0 Å². The van der Waals surface area contributed by atoms with E-state index in [-0.39, 0.29) is 46.9 Å². The van der Waals surface area contributed by atoms with Gasteiger partial charge in [-0.25, -0.2) is 0 Å². The number of rotatable bonds is 14. The molecule has 4 atom stereocenters. The zero-order valence-corrected chi connectivity index (χ0v) is 29.3. The number of aliphatic hydroxyl groups is 1. The zero-order chi connectivity index (χ0) is 33.4. The van der Waals surface area contributed by atoms with Gasteiger partial charge >= 0.3 is 5.97 Å². The van der Waals surface area contributed by atoms with E-state index in [1.54, 1.807) is 0 Å². The van der Waals surface area contributed by atoms with E-state index in [1.165, 1.54) is 17.5 Å². The number of esters is 1. The molecule has 1 saturated carbocycles. The average molecular weight is 645 g/mol. The molecule has 6 nitrogen and oxygen atoms in total. The van der Waals surface area contributed by atoms with Gasteiger partial charge in [0.15, 0.2) is 5.78 Å². The SMILES string of the molecule is C/C=C/CCCCC[C@H]1C=C2C(=O)[C@@H](C(=O)CC[C@]2(CO)C(=O)OC)[C@H]1CCO[Si](c1ccccc1)(c1ccccc1)C(C)(C)C. The molecule has 0 saturated heterocycles. The molecular formula is C39H52O6Si. The number of aliphatic hydroxyl groups excluding tert-OH is 1. The Bertz CT molecular complexity index is 1350. The fourth-order valence-corrected chi connectivity index (χ4v) is 12.4. The number of ketones is 2. The number of carbonyl (C=O) groups excluding carboxylic acids is 3. The highest BCUT2D eigenvalue weighted by Crippen LogP contribution is 2.48. The van der Waals surface area contributed by atoms with E-state index in [2.05, 4.69) is 81.5 Å². The van der Waals surface area contributed by atoms with E-state index in [9.17, 15) is 19.5 Å². The van der Waals surface area contributed by atoms with Crippen molar-refractivity contribution < 1.29 is 28.7 Å². The first-order valence-corrected chi connectivity index (χ1v) is 18.8. The van der Waals surface area contributed by atoms with Crippen molar-refractivity contribution in [1.29, 1.82) is 0 Å². The van der Waals surface area contributed by atoms with Crippen LogP contribution in [0.3, 0.4) is 0 Å². The van der Waals surface area contributed by atoms with Crippen LogP contribution in [-0.4, -0.2) is 51.3 Å². The Morgan fingerprint density at radius 3 is 2.15 bits per heavy atom. The number of hydrogen-bond acceptors (Lipinski definition) is 6. The Morgan fingerprint density at radius 1 is 0.978 bits per heavy atom. The van der Waals surface area contributed by atoms with Crippen LogP contribution in [-0.2, 0) is 23.5 Å². The summed E-state index contributed by atoms with van der Waals surface area (Å²) in [5, 5.41) is 12.7. The maximum Gasteiger partial charge on any atom is 0.318 e. The topological polar surface area (TPSA) is 89.9 Å². The fraction of sp³-hybridized carbons (Fsp3) is 0.513. The summed E-state index contributed by atoms with van der Waals surface area (Å²) in [7, 11) is -1.54. The first-order chi connectivity index (χ1) is 22.1. The maximum atomic E-state index is 14.2. The van der Waals surface area contributed by atoms with Gasteiger partial charge in [-0.15, -0.1) is 0 Å². The minimum absolute atomic E-state index is 0.0472. The Hall–Kier alpha value is -3.13. The Balaban J connectivity index is 1.71. The normalized spacial score (nSPS) is 23.7. The molecule has 2 aliphatic rings. The number of ether oxygens (including phenoxy) is 1. The van der Waals surface area contributed by atoms with Crippen molar-refractivity contribution in [2.45, 2.75) is 84.1 Å². The van der Waals surface area contributed by atoms with Crippen molar-refractivity contribution >= 4 is 36.2 Å². The molecule has 0 aromatic heterocycles. The van der Waals surface area contributed by atoms with Gasteiger partial charge in [0.1, 0.15) is 11.2 Å². The molecule has 2 aromatic rings. The molecule has 7 heteroatoms. The highest BCUT2D eigenvalue weighted by Gasteiger charge is 2.56. The number of benzene rings is 2. The fourth-order valence-electron chi connectivity index (χ4n) is 7.85. The number of Topliss-reactive ketones (excluding diaryl/α,β-unsaturated/α-hetero) is 2. The van der Waals surface area contributed by atoms with Crippen molar-refractivity contribution in [3.8, 4) is 0 Å². The number of fused-ring (bicyclic) bond motifs is 2. The van der Waals surface area contributed by atoms with Gasteiger partial charge in [-0.1, -0.05) is 113 Å². The van der Waals surface area contributed by atoms with Gasteiger partial charge in [0.25, 0.3) is 8.32 Å². The smallest absolute Gasteiger partial charge is 0.318 e. The molecule has 0 aliphatic heterocycles. The quantitative estimate of drug-likeness (QED) is 0.0848. The van der Waals surface area contributed by atoms with Gasteiger partial charge in [-0.3, -0.25) is 14.4 Å². The predicted octanol–water partition coefficient (Wildman–Crippen LogP) is 6.35. The Morgan fingerprint density at radius 2 is 1.61 bits per heavy atom. The van der Waals surface area contributed by atoms with Crippen LogP contribution >= 0.6 is 0 Å². The third-order valence-corrected chi connectivity index (χ3v) is 15.3. The number of allylic oxidation sites excluding steroid dienone is 3. The first-order valence-electron chi connectivity index (χ1n) is 16.9. The van der Waals surface area contributed by atoms with Gasteiger partial charge in [0.05, 0.1) is 19.6 Å². The summed E-state index contributed by atoms with van der Waals surface area (Å²) in [6.45, 7) is 8.59. The van der Waals surface area contributed by atoms with E-state index in [0.29, 0.717) is 13.0 Å². The van der Waals surface area contributed by atoms with Crippen LogP contribution in [0.15, 0.2) is 84.5 Å². The lowest BCUT2D eigenvalue weighted by atomic mass is 9.64. The molecule has 248 valence electrons. The van der Waals surface area contributed by atoms with Crippen LogP contribution in [0, 0.1) is 23.2 Å². The highest BCUT2D eigenvalue weighted by atomic mass is 28.4. The van der Waals surface area contributed by atoms with E-state index in [1.807, 2.05) is 25.1 Å². The summed E-state index contributed by atoms with van der Waals surface area (Å²) in [6, 6.07) is 20.9. The molecule has 2 aliphatic carbocycles. The van der Waals surface area contributed by atoms with Gasteiger partial charge in [0, 0.05) is 18.6 Å². The number of hydrogen-bond donors (Lipinski definition) is 1. The van der Waals surface area contributed by atoms with Crippen LogP contribution in [0.4, 0.5) is 0 Å². The first kappa shape index (κ1) is 35.7. The standard InChI is InChI=1S/C39H52O6Si/c1-6-7-8-9-10-13-18-29-27-33-36(42)35(34(41)23-25-39(33,28-40)37(43)44-5)32(29)24-26-45-46(38(2,3)4,30-19-14-11-15-20-30)31-21-16-12-17-22-31/h6-7,11-12,14-17,19-22,27,29,32,35,40H,8-10,13,18,23-26,28H2,1-5H3/b7-6+/t29-,32-,35+,39+/m0/s1. The minimum Gasteiger partial charge on any atom is -0.468 e. The second-order valence-electron chi connectivity index (χ2n) is 14.0. The lowest BCUT2D eigenvalue weighted by molar-refractivity contribution is -0.154. The van der Waals surface area contributed by atoms with E-state index < -0.39 is 32.2 Å². The highest BCUT2D eigenvalue weighted by molar-refractivity contribution is 6.99. The molecule has 2 bridgehead atoms. The molecule has 0 unspecified atom stereocenters. The summed E-state index contributed by atoms with van der Waals surface area (Å²) in [5.74, 6) is -2.33. The van der Waals surface area contributed by atoms with E-state index >= 15 is 0 Å². The molecule has 0 amide bonds. The van der Waals surface area contributed by atoms with E-state index in [4.69, 9.17) is 9.16 Å². The van der Waals surface area contributed by atoms with Gasteiger partial charge in [-0.2, -0.15) is 0 Å². The molecule has 0 radical (unpaired) electrons. The van der Waals surface area contributed by atoms with Crippen molar-refractivity contribution in [1.82, 2.24) is 0 Å². The second kappa shape index (κ2) is 15.6. The number of unbranched alkanes of at least 4 members (excludes halogenated alkanes) is 3. The summed E-state index contributed by atoms with van der Waals surface area (Å²) in [6.07, 6.45) is 11.7. The van der Waals surface area contributed by atoms with Gasteiger partial charge in [-0.05, 0) is 66.3 Å². The maximum absolute atomic E-state index is 14.2. The molecule has 0 heterocycles. The number of methoxy groups -OCH3 is 1. The molecule has 2 aromatic carbocycles. The molecule has 46 heavy (non-hydrogen) atoms. The second-order valence-corrected chi connectivity index (χ2v) is 18.3. The van der Waals surface area contributed by atoms with Crippen LogP contribution in [0.25, 0.3) is 0 Å². The summed E-state index contributed by atoms with van der Waals surface area (Å²) in [4.78, 5) is 41.1. The van der Waals surface area contributed by atoms with Crippen molar-refractivity contribution in [2.24, 2.45) is 23.2 Å². The van der Waals surface area contributed by atoms with Crippen molar-refractivity contribution in [2.75, 3.05) is 20.3 Å². The molecule has 1 fully saturated rings. The average Bonchev–Trinajstić information content (AvgIpc) is 3.12. The zero-order valence-electron chi connectivity index (χ0n) is 28.3. The Labute approximate surface area is 276 Å². The van der Waals surface area contributed by atoms with Gasteiger partial charge < -0.3 is 14.3 Å². The van der Waals surface area contributed by atoms with Crippen LogP contribution in [0.1, 0.15) is 79.1 Å². The lowest BCUT2D eigenvalue weighted by Gasteiger charge is -2.44. The van der Waals surface area contributed by atoms with Crippen LogP contribution in [0.2, 0.25) is 5.04 Å². The van der Waals surface area contributed by atoms with Crippen molar-refractivity contribution in [3.05, 3.63) is 84.5 Å². The van der Waals surface area contributed by atoms with Crippen molar-refractivity contribution in [3.63, 3.8) is 0 Å². The largest absolute Gasteiger partial charge is 0.468 e. The lowest BCUT2D eigenvalue weighted by Crippen LogP contribution is -2.66. The summed E-state index contributed by atoms with van der Waals surface area (Å²) >= 11 is 0. The summed E-state index contributed by atoms with van der Waals surface area (Å²) in [5.41, 5.74) is -1.24. The molecular weight excluding hydrogens is 593 g/mol. The Kier molecular flexibility index (Phi) is 12.1. The molecule has 1 N–H and O–H groups in total. The van der Waals surface area contributed by atoms with Crippen LogP contribution < -0.4 is 10.4 Å². The predicted molar refractivity (Wildman–Crippen MR) is 185 cm³/mol. The molecule has 4 rings (SSSR count). The molecule has 0 spiro atoms. The van der Waals surface area contributed by atoms with Crippen LogP contribution in [0.5, 0.6) is 0 Å². The third-order valence-electron chi connectivity index (χ3n) is 10.2. The summed E-state index contributed by atoms with van der Waals surface area (Å²) < 4.78 is 12.3. The third kappa shape index (κ3) is 7.07. The number of carbonyl (C=O) groups is 3.